The van der Waals surface area contributed by atoms with Gasteiger partial charge in [-0.2, -0.15) is 8.78 Å². The molecule has 1 aliphatic carbocycles. The van der Waals surface area contributed by atoms with E-state index in [9.17, 15) is 22.4 Å². The van der Waals surface area contributed by atoms with Gasteiger partial charge in [-0.05, 0) is 67.7 Å². The molecule has 0 saturated carbocycles. The van der Waals surface area contributed by atoms with E-state index in [2.05, 4.69) is 0 Å². The van der Waals surface area contributed by atoms with Crippen LogP contribution in [0.5, 0.6) is 11.5 Å². The number of esters is 1. The number of carbonyl (C=O) groups is 1. The number of hydrogen-bond donors (Lipinski definition) is 0. The average Bonchev–Trinajstić information content (AvgIpc) is 2.94. The van der Waals surface area contributed by atoms with Crippen molar-refractivity contribution in [2.24, 2.45) is 0 Å². The standard InChI is InChI=1S/C31H29F5O4/c1-3-5-16-39-26-15-13-23(28(34)30(26)36)31(37)40-20-9-6-18(7-10-20)21-11-8-19(17-24(21)32)22-12-14-25(38-4-2)29(35)27(22)33/h6,8,11-15,17,20H,3-5,7,9-10,16H2,1-2H3. The maximum absolute atomic E-state index is 15.0. The Morgan fingerprint density at radius 3 is 2.23 bits per heavy atom. The van der Waals surface area contributed by atoms with Gasteiger partial charge >= 0.3 is 5.97 Å². The van der Waals surface area contributed by atoms with Gasteiger partial charge in [0.15, 0.2) is 23.1 Å². The van der Waals surface area contributed by atoms with Crippen LogP contribution in [0.15, 0.2) is 48.5 Å². The molecule has 4 nitrogen and oxygen atoms in total. The van der Waals surface area contributed by atoms with Crippen molar-refractivity contribution in [3.8, 4) is 22.6 Å². The first-order valence-corrected chi connectivity index (χ1v) is 13.2. The number of rotatable bonds is 10. The largest absolute Gasteiger partial charge is 0.491 e. The van der Waals surface area contributed by atoms with Crippen LogP contribution in [0, 0.1) is 29.1 Å². The van der Waals surface area contributed by atoms with Crippen LogP contribution in [-0.2, 0) is 4.74 Å². The maximum atomic E-state index is 15.0. The predicted octanol–water partition coefficient (Wildman–Crippen LogP) is 8.42. The van der Waals surface area contributed by atoms with Crippen molar-refractivity contribution in [1.82, 2.24) is 0 Å². The number of benzene rings is 3. The summed E-state index contributed by atoms with van der Waals surface area (Å²) in [6.45, 7) is 3.99. The monoisotopic (exact) mass is 560 g/mol. The Labute approximate surface area is 229 Å². The number of unbranched alkanes of at least 4 members (excludes halogenated alkanes) is 1. The Bertz CT molecular complexity index is 1420. The number of carbonyl (C=O) groups excluding carboxylic acids is 1. The summed E-state index contributed by atoms with van der Waals surface area (Å²) in [4.78, 5) is 12.5. The summed E-state index contributed by atoms with van der Waals surface area (Å²) in [5.41, 5.74) is 0.475. The van der Waals surface area contributed by atoms with E-state index in [1.165, 1.54) is 30.3 Å². The highest BCUT2D eigenvalue weighted by Crippen LogP contribution is 2.35. The number of allylic oxidation sites excluding steroid dienone is 1. The number of ether oxygens (including phenoxy) is 3. The molecule has 0 saturated heterocycles. The van der Waals surface area contributed by atoms with Crippen LogP contribution in [-0.4, -0.2) is 25.3 Å². The SMILES string of the molecule is CCCCOc1ccc(C(=O)OC2CC=C(c3ccc(-c4ccc(OCC)c(F)c4F)cc3F)CC2)c(F)c1F. The molecule has 0 aromatic heterocycles. The number of halogens is 5. The van der Waals surface area contributed by atoms with Crippen LogP contribution in [0.3, 0.4) is 0 Å². The summed E-state index contributed by atoms with van der Waals surface area (Å²) in [7, 11) is 0. The molecule has 0 amide bonds. The first kappa shape index (κ1) is 29.1. The lowest BCUT2D eigenvalue weighted by Gasteiger charge is -2.23. The molecule has 212 valence electrons. The Hall–Kier alpha value is -3.88. The predicted molar refractivity (Wildman–Crippen MR) is 141 cm³/mol. The van der Waals surface area contributed by atoms with Gasteiger partial charge in [-0.3, -0.25) is 0 Å². The van der Waals surface area contributed by atoms with Gasteiger partial charge < -0.3 is 14.2 Å². The highest BCUT2D eigenvalue weighted by molar-refractivity contribution is 5.90. The highest BCUT2D eigenvalue weighted by atomic mass is 19.2. The van der Waals surface area contributed by atoms with E-state index in [1.807, 2.05) is 6.92 Å². The zero-order chi connectivity index (χ0) is 28.8. The van der Waals surface area contributed by atoms with Crippen molar-refractivity contribution in [3.05, 3.63) is 88.8 Å². The molecule has 40 heavy (non-hydrogen) atoms. The lowest BCUT2D eigenvalue weighted by molar-refractivity contribution is 0.0278. The molecule has 0 fully saturated rings. The van der Waals surface area contributed by atoms with Crippen LogP contribution < -0.4 is 9.47 Å². The fraction of sp³-hybridized carbons (Fsp3) is 0.323. The minimum absolute atomic E-state index is 0.0970. The van der Waals surface area contributed by atoms with Crippen LogP contribution in [0.1, 0.15) is 61.9 Å². The molecule has 0 aliphatic heterocycles. The molecule has 1 unspecified atom stereocenters. The van der Waals surface area contributed by atoms with Gasteiger partial charge in [-0.1, -0.05) is 31.6 Å². The van der Waals surface area contributed by atoms with Crippen molar-refractivity contribution in [2.75, 3.05) is 13.2 Å². The molecule has 0 bridgehead atoms. The lowest BCUT2D eigenvalue weighted by Crippen LogP contribution is -2.21. The van der Waals surface area contributed by atoms with Crippen LogP contribution in [0.25, 0.3) is 16.7 Å². The summed E-state index contributed by atoms with van der Waals surface area (Å²) in [6, 6.07) is 9.07. The molecule has 3 aromatic carbocycles. The second-order valence-electron chi connectivity index (χ2n) is 9.34. The minimum atomic E-state index is -1.34. The summed E-state index contributed by atoms with van der Waals surface area (Å²) in [6.07, 6.45) is 3.53. The molecule has 3 aromatic rings. The molecular weight excluding hydrogens is 531 g/mol. The molecule has 1 aliphatic rings. The molecule has 9 heteroatoms. The van der Waals surface area contributed by atoms with Gasteiger partial charge in [0.1, 0.15) is 11.9 Å². The van der Waals surface area contributed by atoms with E-state index in [-0.39, 0.29) is 47.8 Å². The third-order valence-electron chi connectivity index (χ3n) is 6.63. The maximum Gasteiger partial charge on any atom is 0.341 e. The highest BCUT2D eigenvalue weighted by Gasteiger charge is 2.26. The topological polar surface area (TPSA) is 44.8 Å². The Morgan fingerprint density at radius 2 is 1.55 bits per heavy atom. The van der Waals surface area contributed by atoms with Gasteiger partial charge in [0.25, 0.3) is 0 Å². The summed E-state index contributed by atoms with van der Waals surface area (Å²) < 4.78 is 88.4. The van der Waals surface area contributed by atoms with Crippen molar-refractivity contribution in [2.45, 2.75) is 52.1 Å². The van der Waals surface area contributed by atoms with Crippen LogP contribution in [0.4, 0.5) is 22.0 Å². The molecule has 4 rings (SSSR count). The van der Waals surface area contributed by atoms with Crippen molar-refractivity contribution < 1.29 is 41.0 Å². The first-order valence-electron chi connectivity index (χ1n) is 13.2. The van der Waals surface area contributed by atoms with E-state index < -0.39 is 46.7 Å². The Morgan fingerprint density at radius 1 is 0.850 bits per heavy atom. The van der Waals surface area contributed by atoms with Crippen molar-refractivity contribution >= 4 is 11.5 Å². The second kappa shape index (κ2) is 13.0. The Balaban J connectivity index is 1.42. The second-order valence-corrected chi connectivity index (χ2v) is 9.34. The van der Waals surface area contributed by atoms with Gasteiger partial charge in [0.2, 0.25) is 11.6 Å². The average molecular weight is 561 g/mol. The summed E-state index contributed by atoms with van der Waals surface area (Å²) >= 11 is 0. The summed E-state index contributed by atoms with van der Waals surface area (Å²) in [5.74, 6) is -6.96. The van der Waals surface area contributed by atoms with Crippen molar-refractivity contribution in [1.29, 1.82) is 0 Å². The van der Waals surface area contributed by atoms with Gasteiger partial charge in [0, 0.05) is 17.5 Å². The quantitative estimate of drug-likeness (QED) is 0.142. The first-order chi connectivity index (χ1) is 19.2. The van der Waals surface area contributed by atoms with E-state index in [0.717, 1.165) is 18.6 Å². The third kappa shape index (κ3) is 6.29. The van der Waals surface area contributed by atoms with Gasteiger partial charge in [-0.15, -0.1) is 0 Å². The summed E-state index contributed by atoms with van der Waals surface area (Å²) in [5, 5.41) is 0. The normalized spacial score (nSPS) is 15.0. The third-order valence-corrected chi connectivity index (χ3v) is 6.63. The zero-order valence-corrected chi connectivity index (χ0v) is 22.2. The molecular formula is C31H29F5O4. The molecule has 0 spiro atoms. The molecule has 1 atom stereocenters. The fourth-order valence-corrected chi connectivity index (χ4v) is 4.47. The lowest BCUT2D eigenvalue weighted by atomic mass is 9.90. The van der Waals surface area contributed by atoms with E-state index in [0.29, 0.717) is 24.8 Å². The Kier molecular flexibility index (Phi) is 9.45. The zero-order valence-electron chi connectivity index (χ0n) is 22.2. The van der Waals surface area contributed by atoms with E-state index in [4.69, 9.17) is 14.2 Å². The molecule has 0 radical (unpaired) electrons. The molecule has 0 heterocycles. The number of hydrogen-bond acceptors (Lipinski definition) is 4. The van der Waals surface area contributed by atoms with Crippen molar-refractivity contribution in [3.63, 3.8) is 0 Å². The van der Waals surface area contributed by atoms with Gasteiger partial charge in [-0.25, -0.2) is 18.0 Å². The molecule has 0 N–H and O–H groups in total. The van der Waals surface area contributed by atoms with Crippen LogP contribution >= 0.6 is 0 Å². The van der Waals surface area contributed by atoms with E-state index >= 15 is 4.39 Å². The van der Waals surface area contributed by atoms with Gasteiger partial charge in [0.05, 0.1) is 18.8 Å². The van der Waals surface area contributed by atoms with E-state index in [1.54, 1.807) is 13.0 Å². The smallest absolute Gasteiger partial charge is 0.341 e. The van der Waals surface area contributed by atoms with Crippen LogP contribution in [0.2, 0.25) is 0 Å². The minimum Gasteiger partial charge on any atom is -0.491 e. The fourth-order valence-electron chi connectivity index (χ4n) is 4.47.